The fraction of sp³-hybridized carbons (Fsp3) is 0.0500. The lowest BCUT2D eigenvalue weighted by molar-refractivity contribution is 0.0952. The second kappa shape index (κ2) is 6.72. The zero-order chi connectivity index (χ0) is 18.1. The molecule has 0 saturated heterocycles. The highest BCUT2D eigenvalue weighted by Crippen LogP contribution is 2.32. The molecule has 2 aromatic heterocycles. The maximum atomic E-state index is 13.6. The molecule has 1 N–H and O–H groups in total. The third kappa shape index (κ3) is 2.99. The lowest BCUT2D eigenvalue weighted by Crippen LogP contribution is -2.22. The third-order valence-corrected chi connectivity index (χ3v) is 4.97. The number of hydrogen-bond acceptors (Lipinski definition) is 3. The number of hydrogen-bond donors (Lipinski definition) is 1. The molecule has 0 atom stereocenters. The molecular formula is C20H13F2NO2S. The summed E-state index contributed by atoms with van der Waals surface area (Å²) in [5, 5.41) is 5.47. The van der Waals surface area contributed by atoms with Crippen molar-refractivity contribution in [3.05, 3.63) is 82.2 Å². The van der Waals surface area contributed by atoms with Gasteiger partial charge in [0.15, 0.2) is 11.6 Å². The molecular weight excluding hydrogens is 356 g/mol. The van der Waals surface area contributed by atoms with Crippen LogP contribution in [0.2, 0.25) is 0 Å². The van der Waals surface area contributed by atoms with E-state index in [1.807, 2.05) is 17.5 Å². The van der Waals surface area contributed by atoms with E-state index in [-0.39, 0.29) is 5.91 Å². The normalized spacial score (nSPS) is 11.0. The van der Waals surface area contributed by atoms with Crippen molar-refractivity contribution >= 4 is 28.2 Å². The van der Waals surface area contributed by atoms with Gasteiger partial charge in [-0.05, 0) is 46.8 Å². The first-order valence-corrected chi connectivity index (χ1v) is 8.77. The number of furan rings is 1. The van der Waals surface area contributed by atoms with Crippen molar-refractivity contribution in [3.63, 3.8) is 0 Å². The minimum absolute atomic E-state index is 0.254. The van der Waals surface area contributed by atoms with Crippen LogP contribution in [0.5, 0.6) is 0 Å². The molecule has 3 nitrogen and oxygen atoms in total. The Labute approximate surface area is 151 Å². The number of carbonyl (C=O) groups excluding carboxylic acids is 1. The SMILES string of the molecule is O=C(NCc1cccs1)c1ccc(-c2ccc(F)c(F)c2)c2ccoc12. The van der Waals surface area contributed by atoms with Crippen molar-refractivity contribution in [1.82, 2.24) is 5.32 Å². The minimum Gasteiger partial charge on any atom is -0.463 e. The fourth-order valence-electron chi connectivity index (χ4n) is 2.83. The number of amides is 1. The maximum absolute atomic E-state index is 13.6. The summed E-state index contributed by atoms with van der Waals surface area (Å²) < 4.78 is 32.3. The van der Waals surface area contributed by atoms with E-state index in [1.165, 1.54) is 12.3 Å². The van der Waals surface area contributed by atoms with Crippen LogP contribution in [0.3, 0.4) is 0 Å². The zero-order valence-corrected chi connectivity index (χ0v) is 14.3. The van der Waals surface area contributed by atoms with Crippen LogP contribution in [0.4, 0.5) is 8.78 Å². The van der Waals surface area contributed by atoms with Gasteiger partial charge in [-0.25, -0.2) is 8.78 Å². The summed E-state index contributed by atoms with van der Waals surface area (Å²) in [6.07, 6.45) is 1.48. The van der Waals surface area contributed by atoms with E-state index < -0.39 is 11.6 Å². The van der Waals surface area contributed by atoms with Crippen LogP contribution in [-0.4, -0.2) is 5.91 Å². The van der Waals surface area contributed by atoms with Gasteiger partial charge >= 0.3 is 0 Å². The standard InChI is InChI=1S/C20H13F2NO2S/c21-17-6-3-12(10-18(17)22)14-4-5-16(19-15(14)7-8-25-19)20(24)23-11-13-2-1-9-26-13/h1-10H,11H2,(H,23,24). The van der Waals surface area contributed by atoms with Gasteiger partial charge in [-0.1, -0.05) is 18.2 Å². The zero-order valence-electron chi connectivity index (χ0n) is 13.5. The first-order valence-electron chi connectivity index (χ1n) is 7.89. The van der Waals surface area contributed by atoms with Crippen molar-refractivity contribution < 1.29 is 18.0 Å². The van der Waals surface area contributed by atoms with E-state index >= 15 is 0 Å². The molecule has 0 aliphatic heterocycles. The molecule has 0 aliphatic rings. The Hall–Kier alpha value is -2.99. The lowest BCUT2D eigenvalue weighted by Gasteiger charge is -2.08. The molecule has 2 aromatic carbocycles. The Bertz CT molecular complexity index is 1090. The Balaban J connectivity index is 1.69. The molecule has 0 saturated carbocycles. The number of fused-ring (bicyclic) bond motifs is 1. The molecule has 0 radical (unpaired) electrons. The maximum Gasteiger partial charge on any atom is 0.255 e. The van der Waals surface area contributed by atoms with Crippen LogP contribution in [-0.2, 0) is 6.54 Å². The van der Waals surface area contributed by atoms with Gasteiger partial charge in [-0.3, -0.25) is 4.79 Å². The summed E-state index contributed by atoms with van der Waals surface area (Å²) in [4.78, 5) is 13.6. The van der Waals surface area contributed by atoms with Gasteiger partial charge < -0.3 is 9.73 Å². The molecule has 0 bridgehead atoms. The highest BCUT2D eigenvalue weighted by Gasteiger charge is 2.17. The quantitative estimate of drug-likeness (QED) is 0.525. The average molecular weight is 369 g/mol. The largest absolute Gasteiger partial charge is 0.463 e. The number of thiophene rings is 1. The van der Waals surface area contributed by atoms with E-state index in [9.17, 15) is 13.6 Å². The van der Waals surface area contributed by atoms with Crippen molar-refractivity contribution in [3.8, 4) is 11.1 Å². The molecule has 4 rings (SSSR count). The molecule has 0 fully saturated rings. The van der Waals surface area contributed by atoms with Crippen molar-refractivity contribution in [2.75, 3.05) is 0 Å². The van der Waals surface area contributed by atoms with E-state index in [2.05, 4.69) is 5.32 Å². The van der Waals surface area contributed by atoms with E-state index in [1.54, 1.807) is 29.5 Å². The number of nitrogens with one attached hydrogen (secondary N) is 1. The van der Waals surface area contributed by atoms with Crippen LogP contribution in [0.1, 0.15) is 15.2 Å². The summed E-state index contributed by atoms with van der Waals surface area (Å²) >= 11 is 1.56. The van der Waals surface area contributed by atoms with Crippen LogP contribution in [0, 0.1) is 11.6 Å². The van der Waals surface area contributed by atoms with Gasteiger partial charge in [0.25, 0.3) is 5.91 Å². The molecule has 4 aromatic rings. The molecule has 26 heavy (non-hydrogen) atoms. The van der Waals surface area contributed by atoms with Gasteiger partial charge in [0.2, 0.25) is 0 Å². The van der Waals surface area contributed by atoms with Gasteiger partial charge in [0, 0.05) is 10.3 Å². The second-order valence-corrected chi connectivity index (χ2v) is 6.75. The van der Waals surface area contributed by atoms with Crippen LogP contribution in [0.25, 0.3) is 22.1 Å². The van der Waals surface area contributed by atoms with E-state index in [4.69, 9.17) is 4.42 Å². The first-order chi connectivity index (χ1) is 12.6. The molecule has 0 unspecified atom stereocenters. The minimum atomic E-state index is -0.920. The van der Waals surface area contributed by atoms with Gasteiger partial charge in [-0.2, -0.15) is 0 Å². The summed E-state index contributed by atoms with van der Waals surface area (Å²) in [5.74, 6) is -2.08. The second-order valence-electron chi connectivity index (χ2n) is 5.72. The lowest BCUT2D eigenvalue weighted by atomic mass is 9.99. The highest BCUT2D eigenvalue weighted by molar-refractivity contribution is 7.09. The Morgan fingerprint density at radius 1 is 1.08 bits per heavy atom. The molecule has 0 aliphatic carbocycles. The monoisotopic (exact) mass is 369 g/mol. The van der Waals surface area contributed by atoms with E-state index in [0.29, 0.717) is 34.2 Å². The van der Waals surface area contributed by atoms with Crippen molar-refractivity contribution in [2.24, 2.45) is 0 Å². The van der Waals surface area contributed by atoms with Gasteiger partial charge in [0.1, 0.15) is 5.58 Å². The number of halogens is 2. The van der Waals surface area contributed by atoms with Crippen molar-refractivity contribution in [1.29, 1.82) is 0 Å². The Morgan fingerprint density at radius 2 is 1.96 bits per heavy atom. The van der Waals surface area contributed by atoms with Crippen LogP contribution >= 0.6 is 11.3 Å². The number of carbonyl (C=O) groups is 1. The predicted molar refractivity (Wildman–Crippen MR) is 97.1 cm³/mol. The third-order valence-electron chi connectivity index (χ3n) is 4.10. The summed E-state index contributed by atoms with van der Waals surface area (Å²) in [6.45, 7) is 0.434. The highest BCUT2D eigenvalue weighted by atomic mass is 32.1. The summed E-state index contributed by atoms with van der Waals surface area (Å²) in [7, 11) is 0. The molecule has 2 heterocycles. The predicted octanol–water partition coefficient (Wildman–Crippen LogP) is 5.37. The number of benzene rings is 2. The van der Waals surface area contributed by atoms with Crippen LogP contribution < -0.4 is 5.32 Å². The van der Waals surface area contributed by atoms with E-state index in [0.717, 1.165) is 17.0 Å². The first kappa shape index (κ1) is 16.5. The van der Waals surface area contributed by atoms with Crippen LogP contribution in [0.15, 0.2) is 64.6 Å². The van der Waals surface area contributed by atoms with Crippen molar-refractivity contribution in [2.45, 2.75) is 6.54 Å². The topological polar surface area (TPSA) is 42.2 Å². The molecule has 6 heteroatoms. The molecule has 0 spiro atoms. The van der Waals surface area contributed by atoms with Gasteiger partial charge in [-0.15, -0.1) is 11.3 Å². The number of rotatable bonds is 4. The molecule has 130 valence electrons. The Kier molecular flexibility index (Phi) is 4.26. The summed E-state index contributed by atoms with van der Waals surface area (Å²) in [5.41, 5.74) is 1.99. The van der Waals surface area contributed by atoms with Gasteiger partial charge in [0.05, 0.1) is 18.4 Å². The Morgan fingerprint density at radius 3 is 2.73 bits per heavy atom. The smallest absolute Gasteiger partial charge is 0.255 e. The average Bonchev–Trinajstić information content (AvgIpc) is 3.33. The fourth-order valence-corrected chi connectivity index (χ4v) is 3.48. The molecule has 1 amide bonds. The summed E-state index contributed by atoms with van der Waals surface area (Å²) in [6, 6.07) is 12.6.